The van der Waals surface area contributed by atoms with Crippen molar-refractivity contribution in [1.29, 1.82) is 0 Å². The van der Waals surface area contributed by atoms with E-state index < -0.39 is 0 Å². The number of benzene rings is 2. The maximum atomic E-state index is 13.4. The zero-order chi connectivity index (χ0) is 20.8. The third kappa shape index (κ3) is 3.95. The number of carbonyl (C=O) groups is 1. The third-order valence-corrected chi connectivity index (χ3v) is 6.12. The Morgan fingerprint density at radius 3 is 2.45 bits per heavy atom. The fourth-order valence-electron chi connectivity index (χ4n) is 4.62. The van der Waals surface area contributed by atoms with Gasteiger partial charge in [-0.2, -0.15) is 0 Å². The topological polar surface area (TPSA) is 41.6 Å². The molecule has 1 fully saturated rings. The van der Waals surface area contributed by atoms with Crippen LogP contribution in [0.1, 0.15) is 51.2 Å². The second-order valence-electron chi connectivity index (χ2n) is 9.51. The van der Waals surface area contributed by atoms with Gasteiger partial charge in [0.15, 0.2) is 0 Å². The first kappa shape index (κ1) is 20.1. The monoisotopic (exact) mass is 412 g/mol. The van der Waals surface area contributed by atoms with E-state index >= 15 is 0 Å². The van der Waals surface area contributed by atoms with Gasteiger partial charge in [-0.1, -0.05) is 44.5 Å². The Hall–Kier alpha value is -2.20. The molecule has 1 N–H and O–H groups in total. The molecule has 29 heavy (non-hydrogen) atoms. The Morgan fingerprint density at radius 1 is 1.17 bits per heavy atom. The Balaban J connectivity index is 1.76. The summed E-state index contributed by atoms with van der Waals surface area (Å²) < 4.78 is 5.25. The molecule has 4 nitrogen and oxygen atoms in total. The molecule has 1 heterocycles. The molecule has 1 saturated carbocycles. The summed E-state index contributed by atoms with van der Waals surface area (Å²) in [6.45, 7) is 7.20. The molecule has 0 radical (unpaired) electrons. The number of ether oxygens (including phenoxy) is 1. The van der Waals surface area contributed by atoms with Gasteiger partial charge in [-0.25, -0.2) is 4.79 Å². The maximum Gasteiger partial charge on any atom is 0.322 e. The molecular weight excluding hydrogens is 384 g/mol. The van der Waals surface area contributed by atoms with Crippen LogP contribution < -0.4 is 15.0 Å². The van der Waals surface area contributed by atoms with Crippen LogP contribution >= 0.6 is 11.6 Å². The van der Waals surface area contributed by atoms with Crippen molar-refractivity contribution in [3.63, 3.8) is 0 Å². The van der Waals surface area contributed by atoms with Gasteiger partial charge in [0.1, 0.15) is 5.75 Å². The third-order valence-electron chi connectivity index (χ3n) is 5.89. The summed E-state index contributed by atoms with van der Waals surface area (Å²) in [6, 6.07) is 13.8. The quantitative estimate of drug-likeness (QED) is 0.642. The van der Waals surface area contributed by atoms with Crippen LogP contribution in [0.3, 0.4) is 0 Å². The number of carbonyl (C=O) groups excluding carboxylic acids is 1. The summed E-state index contributed by atoms with van der Waals surface area (Å²) in [6.07, 6.45) is 3.17. The number of nitrogens with zero attached hydrogens (tertiary/aromatic N) is 1. The van der Waals surface area contributed by atoms with E-state index in [1.165, 1.54) is 0 Å². The SMILES string of the molecule is COc1ccc(CN2C(=O)NC(CC(C)(C)C)(C3CC3)c3cc(Cl)ccc32)cc1. The van der Waals surface area contributed by atoms with Crippen LogP contribution in [0.2, 0.25) is 5.02 Å². The average Bonchev–Trinajstić information content (AvgIpc) is 3.50. The minimum atomic E-state index is -0.355. The van der Waals surface area contributed by atoms with Crippen molar-refractivity contribution >= 4 is 23.3 Å². The largest absolute Gasteiger partial charge is 0.497 e. The van der Waals surface area contributed by atoms with E-state index in [9.17, 15) is 4.79 Å². The van der Waals surface area contributed by atoms with E-state index in [0.717, 1.165) is 41.8 Å². The number of anilines is 1. The van der Waals surface area contributed by atoms with Gasteiger partial charge in [-0.15, -0.1) is 0 Å². The van der Waals surface area contributed by atoms with Crippen LogP contribution in [0.5, 0.6) is 5.75 Å². The molecule has 5 heteroatoms. The zero-order valence-electron chi connectivity index (χ0n) is 17.6. The lowest BCUT2D eigenvalue weighted by Gasteiger charge is -2.47. The van der Waals surface area contributed by atoms with E-state index in [2.05, 4.69) is 32.2 Å². The zero-order valence-corrected chi connectivity index (χ0v) is 18.3. The highest BCUT2D eigenvalue weighted by Gasteiger charge is 2.53. The lowest BCUT2D eigenvalue weighted by molar-refractivity contribution is 0.173. The predicted molar refractivity (Wildman–Crippen MR) is 118 cm³/mol. The summed E-state index contributed by atoms with van der Waals surface area (Å²) in [7, 11) is 1.65. The Kier molecular flexibility index (Phi) is 5.02. The first-order chi connectivity index (χ1) is 13.7. The molecule has 154 valence electrons. The minimum absolute atomic E-state index is 0.0354. The number of hydrogen-bond donors (Lipinski definition) is 1. The van der Waals surface area contributed by atoms with E-state index in [0.29, 0.717) is 17.5 Å². The second-order valence-corrected chi connectivity index (χ2v) is 9.95. The van der Waals surface area contributed by atoms with Crippen molar-refractivity contribution < 1.29 is 9.53 Å². The highest BCUT2D eigenvalue weighted by atomic mass is 35.5. The van der Waals surface area contributed by atoms with Crippen LogP contribution in [0, 0.1) is 11.3 Å². The van der Waals surface area contributed by atoms with Crippen molar-refractivity contribution in [1.82, 2.24) is 5.32 Å². The van der Waals surface area contributed by atoms with Gasteiger partial charge in [0.2, 0.25) is 0 Å². The lowest BCUT2D eigenvalue weighted by atomic mass is 9.71. The minimum Gasteiger partial charge on any atom is -0.497 e. The van der Waals surface area contributed by atoms with Gasteiger partial charge in [-0.3, -0.25) is 4.90 Å². The fourth-order valence-corrected chi connectivity index (χ4v) is 4.80. The van der Waals surface area contributed by atoms with E-state index in [1.54, 1.807) is 7.11 Å². The molecule has 0 bridgehead atoms. The summed E-state index contributed by atoms with van der Waals surface area (Å²) in [5.74, 6) is 1.27. The fraction of sp³-hybridized carbons (Fsp3) is 0.458. The van der Waals surface area contributed by atoms with Crippen LogP contribution in [0.4, 0.5) is 10.5 Å². The van der Waals surface area contributed by atoms with Gasteiger partial charge < -0.3 is 10.1 Å². The number of methoxy groups -OCH3 is 1. The van der Waals surface area contributed by atoms with Crippen molar-refractivity contribution in [2.75, 3.05) is 12.0 Å². The predicted octanol–water partition coefficient (Wildman–Crippen LogP) is 6.12. The van der Waals surface area contributed by atoms with E-state index in [4.69, 9.17) is 16.3 Å². The van der Waals surface area contributed by atoms with Crippen LogP contribution in [-0.2, 0) is 12.1 Å². The molecular formula is C24H29ClN2O2. The van der Waals surface area contributed by atoms with Gasteiger partial charge >= 0.3 is 6.03 Å². The van der Waals surface area contributed by atoms with Gasteiger partial charge in [-0.05, 0) is 66.5 Å². The Morgan fingerprint density at radius 2 is 1.86 bits per heavy atom. The number of hydrogen-bond acceptors (Lipinski definition) is 2. The highest BCUT2D eigenvalue weighted by Crippen LogP contribution is 2.55. The number of amides is 2. The van der Waals surface area contributed by atoms with Crippen LogP contribution in [0.15, 0.2) is 42.5 Å². The van der Waals surface area contributed by atoms with Crippen molar-refractivity contribution in [2.45, 2.75) is 52.1 Å². The first-order valence-electron chi connectivity index (χ1n) is 10.2. The maximum absolute atomic E-state index is 13.4. The standard InChI is InChI=1S/C24H29ClN2O2/c1-23(2,3)15-24(17-7-8-17)20-13-18(25)9-12-21(20)27(22(28)26-24)14-16-5-10-19(29-4)11-6-16/h5-6,9-13,17H,7-8,14-15H2,1-4H3,(H,26,28). The molecule has 0 spiro atoms. The van der Waals surface area contributed by atoms with E-state index in [-0.39, 0.29) is 17.0 Å². The van der Waals surface area contributed by atoms with Crippen molar-refractivity contribution in [3.8, 4) is 5.75 Å². The van der Waals surface area contributed by atoms with Crippen molar-refractivity contribution in [3.05, 3.63) is 58.6 Å². The molecule has 0 aromatic heterocycles. The molecule has 1 aliphatic heterocycles. The normalized spacial score (nSPS) is 21.6. The molecule has 2 amide bonds. The molecule has 1 unspecified atom stereocenters. The van der Waals surface area contributed by atoms with Gasteiger partial charge in [0, 0.05) is 10.6 Å². The smallest absolute Gasteiger partial charge is 0.322 e. The highest BCUT2D eigenvalue weighted by molar-refractivity contribution is 6.30. The summed E-state index contributed by atoms with van der Waals surface area (Å²) in [4.78, 5) is 15.2. The molecule has 2 aromatic rings. The number of halogens is 1. The number of nitrogens with one attached hydrogen (secondary N) is 1. The summed E-state index contributed by atoms with van der Waals surface area (Å²) >= 11 is 6.43. The van der Waals surface area contributed by atoms with Crippen LogP contribution in [-0.4, -0.2) is 13.1 Å². The Labute approximate surface area is 178 Å². The number of urea groups is 1. The molecule has 1 aliphatic carbocycles. The number of fused-ring (bicyclic) bond motifs is 1. The summed E-state index contributed by atoms with van der Waals surface area (Å²) in [5, 5.41) is 4.14. The molecule has 1 atom stereocenters. The summed E-state index contributed by atoms with van der Waals surface area (Å²) in [5.41, 5.74) is 2.89. The molecule has 4 rings (SSSR count). The first-order valence-corrected chi connectivity index (χ1v) is 10.6. The molecule has 2 aliphatic rings. The average molecular weight is 413 g/mol. The lowest BCUT2D eigenvalue weighted by Crippen LogP contribution is -2.58. The number of rotatable bonds is 5. The van der Waals surface area contributed by atoms with Gasteiger partial charge in [0.05, 0.1) is 24.9 Å². The molecule has 0 saturated heterocycles. The van der Waals surface area contributed by atoms with Crippen molar-refractivity contribution in [2.24, 2.45) is 11.3 Å². The second kappa shape index (κ2) is 7.24. The molecule has 2 aromatic carbocycles. The van der Waals surface area contributed by atoms with E-state index in [1.807, 2.05) is 41.3 Å². The Bertz CT molecular complexity index is 915. The van der Waals surface area contributed by atoms with Gasteiger partial charge in [0.25, 0.3) is 0 Å². The van der Waals surface area contributed by atoms with Crippen LogP contribution in [0.25, 0.3) is 0 Å².